The number of ether oxygens (including phenoxy) is 1. The maximum absolute atomic E-state index is 13.2. The quantitative estimate of drug-likeness (QED) is 0.730. The summed E-state index contributed by atoms with van der Waals surface area (Å²) in [7, 11) is 0. The van der Waals surface area contributed by atoms with E-state index in [-0.39, 0.29) is 16.7 Å². The number of halogens is 2. The van der Waals surface area contributed by atoms with Crippen molar-refractivity contribution in [1.82, 2.24) is 0 Å². The molecule has 104 valence electrons. The Morgan fingerprint density at radius 1 is 1.30 bits per heavy atom. The van der Waals surface area contributed by atoms with Crippen LogP contribution in [0.4, 0.5) is 4.39 Å². The Hall–Kier alpha value is -1.35. The predicted octanol–water partition coefficient (Wildman–Crippen LogP) is 4.83. The first kappa shape index (κ1) is 13.6. The molecule has 0 aromatic heterocycles. The van der Waals surface area contributed by atoms with Crippen LogP contribution in [0, 0.1) is 5.82 Å². The van der Waals surface area contributed by atoms with Crippen LogP contribution in [0.3, 0.4) is 0 Å². The van der Waals surface area contributed by atoms with Crippen molar-refractivity contribution < 1.29 is 9.13 Å². The van der Waals surface area contributed by atoms with E-state index < -0.39 is 0 Å². The van der Waals surface area contributed by atoms with Crippen molar-refractivity contribution in [2.45, 2.75) is 30.7 Å². The van der Waals surface area contributed by atoms with Crippen LogP contribution in [0.25, 0.3) is 0 Å². The fraction of sp³-hybridized carbons (Fsp3) is 0.294. The number of fused-ring (bicyclic) bond motifs is 1. The molecule has 0 amide bonds. The minimum Gasteiger partial charge on any atom is -0.490 e. The number of hydrogen-bond acceptors (Lipinski definition) is 1. The zero-order valence-corrected chi connectivity index (χ0v) is 12.9. The number of rotatable bonds is 3. The van der Waals surface area contributed by atoms with Gasteiger partial charge in [0.15, 0.2) is 0 Å². The molecule has 1 aliphatic heterocycles. The first-order chi connectivity index (χ1) is 9.61. The van der Waals surface area contributed by atoms with E-state index in [0.717, 1.165) is 24.2 Å². The highest BCUT2D eigenvalue weighted by Crippen LogP contribution is 2.34. The van der Waals surface area contributed by atoms with Crippen LogP contribution in [-0.2, 0) is 12.8 Å². The molecule has 2 unspecified atom stereocenters. The van der Waals surface area contributed by atoms with Gasteiger partial charge in [-0.25, -0.2) is 4.39 Å². The van der Waals surface area contributed by atoms with Gasteiger partial charge in [0.1, 0.15) is 17.7 Å². The first-order valence-corrected chi connectivity index (χ1v) is 7.71. The normalized spacial score (nSPS) is 18.4. The molecular formula is C17H16BrFO. The second-order valence-electron chi connectivity index (χ2n) is 5.30. The van der Waals surface area contributed by atoms with Gasteiger partial charge >= 0.3 is 0 Å². The van der Waals surface area contributed by atoms with Crippen molar-refractivity contribution in [3.63, 3.8) is 0 Å². The van der Waals surface area contributed by atoms with E-state index in [4.69, 9.17) is 4.74 Å². The molecule has 2 aromatic carbocycles. The second-order valence-corrected chi connectivity index (χ2v) is 6.41. The number of benzene rings is 2. The van der Waals surface area contributed by atoms with Crippen LogP contribution in [0.2, 0.25) is 0 Å². The van der Waals surface area contributed by atoms with Crippen molar-refractivity contribution in [3.05, 3.63) is 65.0 Å². The molecule has 0 fully saturated rings. The SMILES string of the molecule is CC1Cc2cc(C(Br)Cc3cccc(F)c3)ccc2O1. The molecule has 0 saturated carbocycles. The Balaban J connectivity index is 1.78. The molecule has 1 heterocycles. The van der Waals surface area contributed by atoms with Gasteiger partial charge in [-0.05, 0) is 48.2 Å². The lowest BCUT2D eigenvalue weighted by Gasteiger charge is -2.11. The molecule has 0 bridgehead atoms. The molecule has 20 heavy (non-hydrogen) atoms. The van der Waals surface area contributed by atoms with E-state index in [0.29, 0.717) is 0 Å². The molecule has 0 aliphatic carbocycles. The average Bonchev–Trinajstić information content (AvgIpc) is 2.77. The number of hydrogen-bond donors (Lipinski definition) is 0. The lowest BCUT2D eigenvalue weighted by atomic mass is 10.0. The standard InChI is InChI=1S/C17H16BrFO/c1-11-7-14-10-13(5-6-17(14)20-11)16(18)9-12-3-2-4-15(19)8-12/h2-6,8,10-11,16H,7,9H2,1H3. The van der Waals surface area contributed by atoms with Gasteiger partial charge in [0.2, 0.25) is 0 Å². The van der Waals surface area contributed by atoms with Gasteiger partial charge in [-0.15, -0.1) is 0 Å². The van der Waals surface area contributed by atoms with Crippen molar-refractivity contribution in [2.75, 3.05) is 0 Å². The summed E-state index contributed by atoms with van der Waals surface area (Å²) in [6.07, 6.45) is 1.99. The maximum Gasteiger partial charge on any atom is 0.123 e. The summed E-state index contributed by atoms with van der Waals surface area (Å²) >= 11 is 3.71. The summed E-state index contributed by atoms with van der Waals surface area (Å²) < 4.78 is 18.9. The third-order valence-electron chi connectivity index (χ3n) is 3.59. The highest BCUT2D eigenvalue weighted by Gasteiger charge is 2.20. The smallest absolute Gasteiger partial charge is 0.123 e. The van der Waals surface area contributed by atoms with Gasteiger partial charge in [0, 0.05) is 11.2 Å². The van der Waals surface area contributed by atoms with Crippen LogP contribution >= 0.6 is 15.9 Å². The van der Waals surface area contributed by atoms with Gasteiger partial charge in [0.05, 0.1) is 0 Å². The summed E-state index contributed by atoms with van der Waals surface area (Å²) in [5, 5.41) is 0. The van der Waals surface area contributed by atoms with Gasteiger partial charge < -0.3 is 4.74 Å². The molecule has 0 N–H and O–H groups in total. The lowest BCUT2D eigenvalue weighted by Crippen LogP contribution is -2.05. The third-order valence-corrected chi connectivity index (χ3v) is 4.44. The summed E-state index contributed by atoms with van der Waals surface area (Å²) in [5.41, 5.74) is 3.47. The van der Waals surface area contributed by atoms with Crippen LogP contribution < -0.4 is 4.74 Å². The van der Waals surface area contributed by atoms with Gasteiger partial charge in [-0.1, -0.05) is 40.2 Å². The fourth-order valence-electron chi connectivity index (χ4n) is 2.63. The van der Waals surface area contributed by atoms with Crippen LogP contribution in [0.15, 0.2) is 42.5 Å². The van der Waals surface area contributed by atoms with Crippen molar-refractivity contribution in [2.24, 2.45) is 0 Å². The molecular weight excluding hydrogens is 319 g/mol. The zero-order chi connectivity index (χ0) is 14.1. The minimum absolute atomic E-state index is 0.182. The van der Waals surface area contributed by atoms with E-state index in [2.05, 4.69) is 35.0 Å². The Bertz CT molecular complexity index is 626. The van der Waals surface area contributed by atoms with Gasteiger partial charge in [-0.3, -0.25) is 0 Å². The molecule has 2 aromatic rings. The lowest BCUT2D eigenvalue weighted by molar-refractivity contribution is 0.254. The monoisotopic (exact) mass is 334 g/mol. The highest BCUT2D eigenvalue weighted by atomic mass is 79.9. The van der Waals surface area contributed by atoms with Crippen LogP contribution in [0.5, 0.6) is 5.75 Å². The molecule has 0 radical (unpaired) electrons. The molecule has 3 heteroatoms. The van der Waals surface area contributed by atoms with E-state index in [1.54, 1.807) is 12.1 Å². The van der Waals surface area contributed by atoms with Crippen LogP contribution in [-0.4, -0.2) is 6.10 Å². The largest absolute Gasteiger partial charge is 0.490 e. The predicted molar refractivity (Wildman–Crippen MR) is 82.0 cm³/mol. The van der Waals surface area contributed by atoms with Crippen molar-refractivity contribution in [3.8, 4) is 5.75 Å². The molecule has 0 spiro atoms. The van der Waals surface area contributed by atoms with E-state index in [9.17, 15) is 4.39 Å². The summed E-state index contributed by atoms with van der Waals surface area (Å²) in [5.74, 6) is 0.810. The highest BCUT2D eigenvalue weighted by molar-refractivity contribution is 9.09. The molecule has 0 saturated heterocycles. The van der Waals surface area contributed by atoms with E-state index in [1.807, 2.05) is 12.1 Å². The Morgan fingerprint density at radius 2 is 2.15 bits per heavy atom. The average molecular weight is 335 g/mol. The molecule has 2 atom stereocenters. The zero-order valence-electron chi connectivity index (χ0n) is 11.3. The van der Waals surface area contributed by atoms with E-state index in [1.165, 1.54) is 17.2 Å². The van der Waals surface area contributed by atoms with Gasteiger partial charge in [0.25, 0.3) is 0 Å². The first-order valence-electron chi connectivity index (χ1n) is 6.80. The van der Waals surface area contributed by atoms with E-state index >= 15 is 0 Å². The Kier molecular flexibility index (Phi) is 3.79. The fourth-order valence-corrected chi connectivity index (χ4v) is 3.28. The second kappa shape index (κ2) is 5.57. The maximum atomic E-state index is 13.2. The number of alkyl halides is 1. The molecule has 1 nitrogen and oxygen atoms in total. The molecule has 3 rings (SSSR count). The summed E-state index contributed by atoms with van der Waals surface area (Å²) in [6, 6.07) is 13.1. The Labute approximate surface area is 126 Å². The van der Waals surface area contributed by atoms with Crippen LogP contribution in [0.1, 0.15) is 28.4 Å². The van der Waals surface area contributed by atoms with Crippen molar-refractivity contribution in [1.29, 1.82) is 0 Å². The minimum atomic E-state index is -0.182. The molecule has 1 aliphatic rings. The topological polar surface area (TPSA) is 9.23 Å². The van der Waals surface area contributed by atoms with Gasteiger partial charge in [-0.2, -0.15) is 0 Å². The third kappa shape index (κ3) is 2.88. The summed E-state index contributed by atoms with van der Waals surface area (Å²) in [6.45, 7) is 2.08. The van der Waals surface area contributed by atoms with Crippen molar-refractivity contribution >= 4 is 15.9 Å². The Morgan fingerprint density at radius 3 is 2.95 bits per heavy atom. The summed E-state index contributed by atoms with van der Waals surface area (Å²) in [4.78, 5) is 0.186.